The van der Waals surface area contributed by atoms with E-state index in [-0.39, 0.29) is 0 Å². The highest BCUT2D eigenvalue weighted by molar-refractivity contribution is 6.01. The number of furan rings is 2. The highest BCUT2D eigenvalue weighted by Gasteiger charge is 2.15. The lowest BCUT2D eigenvalue weighted by Crippen LogP contribution is -2.03. The van der Waals surface area contributed by atoms with Crippen LogP contribution in [0.1, 0.15) is 11.1 Å². The van der Waals surface area contributed by atoms with E-state index in [0.717, 1.165) is 39.5 Å². The van der Waals surface area contributed by atoms with Crippen LogP contribution in [0.4, 0.5) is 0 Å². The fourth-order valence-corrected chi connectivity index (χ4v) is 2.31. The number of benzene rings is 1. The van der Waals surface area contributed by atoms with E-state index >= 15 is 0 Å². The predicted octanol–water partition coefficient (Wildman–Crippen LogP) is 2.99. The Hall–Kier alpha value is -1.74. The molecule has 2 aromatic heterocycles. The van der Waals surface area contributed by atoms with E-state index in [9.17, 15) is 0 Å². The summed E-state index contributed by atoms with van der Waals surface area (Å²) in [5, 5.41) is 2.23. The molecule has 0 atom stereocenters. The van der Waals surface area contributed by atoms with Crippen LogP contribution in [0.15, 0.2) is 33.5 Å². The molecule has 0 aliphatic heterocycles. The maximum absolute atomic E-state index is 5.65. The van der Waals surface area contributed by atoms with Gasteiger partial charge in [-0.15, -0.1) is 0 Å². The normalized spacial score (nSPS) is 11.6. The molecule has 0 unspecified atom stereocenters. The molecule has 3 rings (SSSR count). The zero-order chi connectivity index (χ0) is 11.1. The molecule has 0 aliphatic carbocycles. The van der Waals surface area contributed by atoms with Crippen LogP contribution < -0.4 is 5.73 Å². The summed E-state index contributed by atoms with van der Waals surface area (Å²) in [6, 6.07) is 3.96. The van der Waals surface area contributed by atoms with Gasteiger partial charge in [-0.2, -0.15) is 0 Å². The van der Waals surface area contributed by atoms with Crippen molar-refractivity contribution < 1.29 is 8.83 Å². The second-order valence-corrected chi connectivity index (χ2v) is 3.97. The number of hydrogen-bond donors (Lipinski definition) is 1. The van der Waals surface area contributed by atoms with E-state index in [4.69, 9.17) is 14.6 Å². The number of hydrogen-bond acceptors (Lipinski definition) is 3. The standard InChI is InChI=1S/C13H13NO2/c1-8-9-3-6-16-13(9)10(2-5-14)11-4-7-15-12(8)11/h3-4,6-7H,2,5,14H2,1H3. The summed E-state index contributed by atoms with van der Waals surface area (Å²) in [4.78, 5) is 0. The largest absolute Gasteiger partial charge is 0.464 e. The Morgan fingerprint density at radius 2 is 1.75 bits per heavy atom. The van der Waals surface area contributed by atoms with Crippen LogP contribution in [0.3, 0.4) is 0 Å². The van der Waals surface area contributed by atoms with Gasteiger partial charge in [0.1, 0.15) is 11.2 Å². The summed E-state index contributed by atoms with van der Waals surface area (Å²) in [5.74, 6) is 0. The van der Waals surface area contributed by atoms with E-state index in [1.807, 2.05) is 12.1 Å². The average molecular weight is 215 g/mol. The molecule has 0 saturated heterocycles. The third-order valence-electron chi connectivity index (χ3n) is 3.07. The maximum Gasteiger partial charge on any atom is 0.138 e. The Kier molecular flexibility index (Phi) is 2.01. The molecule has 2 N–H and O–H groups in total. The van der Waals surface area contributed by atoms with Crippen LogP contribution in [0.25, 0.3) is 21.9 Å². The number of nitrogens with two attached hydrogens (primary N) is 1. The van der Waals surface area contributed by atoms with Gasteiger partial charge in [-0.3, -0.25) is 0 Å². The van der Waals surface area contributed by atoms with Crippen LogP contribution in [0, 0.1) is 6.92 Å². The molecular weight excluding hydrogens is 202 g/mol. The number of fused-ring (bicyclic) bond motifs is 2. The average Bonchev–Trinajstić information content (AvgIpc) is 2.92. The lowest BCUT2D eigenvalue weighted by molar-refractivity contribution is 0.607. The summed E-state index contributed by atoms with van der Waals surface area (Å²) in [6.45, 7) is 2.66. The van der Waals surface area contributed by atoms with Gasteiger partial charge in [0.05, 0.1) is 12.5 Å². The van der Waals surface area contributed by atoms with Gasteiger partial charge in [-0.1, -0.05) is 0 Å². The van der Waals surface area contributed by atoms with Crippen molar-refractivity contribution in [3.8, 4) is 0 Å². The van der Waals surface area contributed by atoms with Gasteiger partial charge in [0.25, 0.3) is 0 Å². The zero-order valence-corrected chi connectivity index (χ0v) is 9.12. The van der Waals surface area contributed by atoms with E-state index < -0.39 is 0 Å². The SMILES string of the molecule is Cc1c2ccoc2c(CCN)c2ccoc12. The van der Waals surface area contributed by atoms with Crippen molar-refractivity contribution >= 4 is 21.9 Å². The summed E-state index contributed by atoms with van der Waals surface area (Å²) >= 11 is 0. The van der Waals surface area contributed by atoms with Gasteiger partial charge in [-0.05, 0) is 32.0 Å². The van der Waals surface area contributed by atoms with Crippen LogP contribution in [0.5, 0.6) is 0 Å². The molecule has 0 radical (unpaired) electrons. The molecule has 3 heteroatoms. The monoisotopic (exact) mass is 215 g/mol. The molecule has 1 aromatic carbocycles. The topological polar surface area (TPSA) is 52.3 Å². The molecule has 3 aromatic rings. The minimum atomic E-state index is 0.610. The van der Waals surface area contributed by atoms with Crippen LogP contribution in [-0.2, 0) is 6.42 Å². The summed E-state index contributed by atoms with van der Waals surface area (Å²) < 4.78 is 11.1. The third kappa shape index (κ3) is 1.12. The fourth-order valence-electron chi connectivity index (χ4n) is 2.31. The molecule has 0 saturated carbocycles. The van der Waals surface area contributed by atoms with Crippen molar-refractivity contribution in [3.63, 3.8) is 0 Å². The van der Waals surface area contributed by atoms with Crippen molar-refractivity contribution in [3.05, 3.63) is 35.8 Å². The van der Waals surface area contributed by atoms with Crippen molar-refractivity contribution in [1.29, 1.82) is 0 Å². The first-order valence-corrected chi connectivity index (χ1v) is 5.39. The van der Waals surface area contributed by atoms with Crippen molar-refractivity contribution in [2.75, 3.05) is 6.54 Å². The van der Waals surface area contributed by atoms with Crippen LogP contribution >= 0.6 is 0 Å². The quantitative estimate of drug-likeness (QED) is 0.715. The number of rotatable bonds is 2. The molecule has 0 fully saturated rings. The lowest BCUT2D eigenvalue weighted by Gasteiger charge is -2.05. The van der Waals surface area contributed by atoms with Crippen molar-refractivity contribution in [2.45, 2.75) is 13.3 Å². The Bertz CT molecular complexity index is 597. The Morgan fingerprint density at radius 1 is 1.06 bits per heavy atom. The highest BCUT2D eigenvalue weighted by Crippen LogP contribution is 2.33. The summed E-state index contributed by atoms with van der Waals surface area (Å²) in [7, 11) is 0. The predicted molar refractivity (Wildman–Crippen MR) is 63.5 cm³/mol. The lowest BCUT2D eigenvalue weighted by atomic mass is 10.0. The second-order valence-electron chi connectivity index (χ2n) is 3.97. The molecule has 16 heavy (non-hydrogen) atoms. The molecule has 0 amide bonds. The minimum Gasteiger partial charge on any atom is -0.464 e. The van der Waals surface area contributed by atoms with Gasteiger partial charge in [0.15, 0.2) is 0 Å². The zero-order valence-electron chi connectivity index (χ0n) is 9.12. The summed E-state index contributed by atoms with van der Waals surface area (Å²) in [5.41, 5.74) is 9.81. The molecule has 0 spiro atoms. The fraction of sp³-hybridized carbons (Fsp3) is 0.231. The second kappa shape index (κ2) is 3.39. The minimum absolute atomic E-state index is 0.610. The Morgan fingerprint density at radius 3 is 2.50 bits per heavy atom. The first kappa shape index (κ1) is 9.48. The van der Waals surface area contributed by atoms with Crippen LogP contribution in [0.2, 0.25) is 0 Å². The van der Waals surface area contributed by atoms with Gasteiger partial charge < -0.3 is 14.6 Å². The molecule has 82 valence electrons. The van der Waals surface area contributed by atoms with E-state index in [1.165, 1.54) is 0 Å². The van der Waals surface area contributed by atoms with Gasteiger partial charge >= 0.3 is 0 Å². The molecule has 3 nitrogen and oxygen atoms in total. The first-order chi connectivity index (χ1) is 7.83. The van der Waals surface area contributed by atoms with Crippen molar-refractivity contribution in [1.82, 2.24) is 0 Å². The molecule has 2 heterocycles. The van der Waals surface area contributed by atoms with Gasteiger partial charge in [0, 0.05) is 21.9 Å². The van der Waals surface area contributed by atoms with E-state index in [2.05, 4.69) is 6.92 Å². The number of aryl methyl sites for hydroxylation is 1. The van der Waals surface area contributed by atoms with Crippen LogP contribution in [-0.4, -0.2) is 6.54 Å². The molecule has 0 bridgehead atoms. The summed E-state index contributed by atoms with van der Waals surface area (Å²) in [6.07, 6.45) is 4.24. The molecular formula is C13H13NO2. The highest BCUT2D eigenvalue weighted by atomic mass is 16.3. The maximum atomic E-state index is 5.65. The first-order valence-electron chi connectivity index (χ1n) is 5.39. The Labute approximate surface area is 92.8 Å². The van der Waals surface area contributed by atoms with E-state index in [0.29, 0.717) is 6.54 Å². The van der Waals surface area contributed by atoms with Gasteiger partial charge in [-0.25, -0.2) is 0 Å². The van der Waals surface area contributed by atoms with Crippen molar-refractivity contribution in [2.24, 2.45) is 5.73 Å². The molecule has 0 aliphatic rings. The third-order valence-corrected chi connectivity index (χ3v) is 3.07. The Balaban J connectivity index is 2.51. The van der Waals surface area contributed by atoms with Gasteiger partial charge in [0.2, 0.25) is 0 Å². The van der Waals surface area contributed by atoms with E-state index in [1.54, 1.807) is 12.5 Å². The smallest absolute Gasteiger partial charge is 0.138 e.